The first kappa shape index (κ1) is 23.6. The van der Waals surface area contributed by atoms with Crippen LogP contribution >= 0.6 is 24.8 Å². The number of carbonyl (C=O) groups is 1. The summed E-state index contributed by atoms with van der Waals surface area (Å²) in [6, 6.07) is 16.6. The number of halogens is 2. The molecule has 0 fully saturated rings. The van der Waals surface area contributed by atoms with Crippen molar-refractivity contribution in [2.24, 2.45) is 0 Å². The molecule has 0 saturated heterocycles. The molecule has 6 nitrogen and oxygen atoms in total. The molecule has 28 heavy (non-hydrogen) atoms. The number of amides is 1. The lowest BCUT2D eigenvalue weighted by molar-refractivity contribution is -0.121. The SMILES string of the molecule is CNCCC(=O)NCc1ccccc1-c1ccc(Cn2cncn2)cc1.Cl.Cl. The average molecular weight is 422 g/mol. The molecule has 1 aromatic heterocycles. The first-order valence-corrected chi connectivity index (χ1v) is 8.67. The summed E-state index contributed by atoms with van der Waals surface area (Å²) in [4.78, 5) is 15.8. The summed E-state index contributed by atoms with van der Waals surface area (Å²) in [6.45, 7) is 1.91. The fraction of sp³-hybridized carbons (Fsp3) is 0.250. The van der Waals surface area contributed by atoms with Gasteiger partial charge in [0.05, 0.1) is 6.54 Å². The lowest BCUT2D eigenvalue weighted by Crippen LogP contribution is -2.26. The van der Waals surface area contributed by atoms with E-state index in [4.69, 9.17) is 0 Å². The van der Waals surface area contributed by atoms with Crippen LogP contribution in [0.5, 0.6) is 0 Å². The van der Waals surface area contributed by atoms with Gasteiger partial charge in [0.15, 0.2) is 0 Å². The molecule has 0 aliphatic heterocycles. The molecule has 3 rings (SSSR count). The maximum Gasteiger partial charge on any atom is 0.221 e. The Kier molecular flexibility index (Phi) is 10.2. The zero-order chi connectivity index (χ0) is 18.2. The van der Waals surface area contributed by atoms with Gasteiger partial charge in [0.1, 0.15) is 12.7 Å². The molecule has 0 aliphatic rings. The van der Waals surface area contributed by atoms with Gasteiger partial charge in [0.2, 0.25) is 5.91 Å². The lowest BCUT2D eigenvalue weighted by Gasteiger charge is -2.12. The Balaban J connectivity index is 0.00000196. The van der Waals surface area contributed by atoms with Crippen molar-refractivity contribution in [1.82, 2.24) is 25.4 Å². The van der Waals surface area contributed by atoms with Crippen LogP contribution < -0.4 is 10.6 Å². The van der Waals surface area contributed by atoms with Gasteiger partial charge < -0.3 is 10.6 Å². The Hall–Kier alpha value is -2.41. The topological polar surface area (TPSA) is 71.8 Å². The van der Waals surface area contributed by atoms with Gasteiger partial charge in [-0.2, -0.15) is 5.10 Å². The predicted octanol–water partition coefficient (Wildman–Crippen LogP) is 3.06. The summed E-state index contributed by atoms with van der Waals surface area (Å²) in [6.07, 6.45) is 3.73. The van der Waals surface area contributed by atoms with E-state index in [0.29, 0.717) is 26.1 Å². The minimum atomic E-state index is 0. The second-order valence-electron chi connectivity index (χ2n) is 6.08. The van der Waals surface area contributed by atoms with Gasteiger partial charge in [-0.3, -0.25) is 4.79 Å². The minimum Gasteiger partial charge on any atom is -0.352 e. The molecule has 0 bridgehead atoms. The van der Waals surface area contributed by atoms with Crippen LogP contribution in [0.1, 0.15) is 17.5 Å². The number of carbonyl (C=O) groups excluding carboxylic acids is 1. The van der Waals surface area contributed by atoms with Crippen molar-refractivity contribution in [3.63, 3.8) is 0 Å². The van der Waals surface area contributed by atoms with Crippen molar-refractivity contribution < 1.29 is 4.79 Å². The molecule has 3 aromatic rings. The van der Waals surface area contributed by atoms with Crippen molar-refractivity contribution in [3.05, 3.63) is 72.3 Å². The smallest absolute Gasteiger partial charge is 0.221 e. The molecule has 0 atom stereocenters. The van der Waals surface area contributed by atoms with Gasteiger partial charge in [-0.25, -0.2) is 9.67 Å². The highest BCUT2D eigenvalue weighted by Crippen LogP contribution is 2.24. The summed E-state index contributed by atoms with van der Waals surface area (Å²) in [5, 5.41) is 10.1. The van der Waals surface area contributed by atoms with E-state index in [-0.39, 0.29) is 30.7 Å². The van der Waals surface area contributed by atoms with E-state index in [1.54, 1.807) is 11.0 Å². The van der Waals surface area contributed by atoms with Crippen LogP contribution in [-0.2, 0) is 17.9 Å². The van der Waals surface area contributed by atoms with Crippen LogP contribution in [0.3, 0.4) is 0 Å². The third kappa shape index (κ3) is 6.64. The van der Waals surface area contributed by atoms with E-state index in [0.717, 1.165) is 22.3 Å². The zero-order valence-electron chi connectivity index (χ0n) is 15.7. The monoisotopic (exact) mass is 421 g/mol. The van der Waals surface area contributed by atoms with Crippen molar-refractivity contribution in [3.8, 4) is 11.1 Å². The summed E-state index contributed by atoms with van der Waals surface area (Å²) in [5.74, 6) is 0.0531. The maximum atomic E-state index is 11.9. The van der Waals surface area contributed by atoms with E-state index in [1.807, 2.05) is 19.2 Å². The summed E-state index contributed by atoms with van der Waals surface area (Å²) in [7, 11) is 1.84. The highest BCUT2D eigenvalue weighted by atomic mass is 35.5. The van der Waals surface area contributed by atoms with Crippen molar-refractivity contribution in [1.29, 1.82) is 0 Å². The molecule has 0 unspecified atom stereocenters. The Morgan fingerprint density at radius 3 is 2.50 bits per heavy atom. The van der Waals surface area contributed by atoms with Crippen LogP contribution in [0.4, 0.5) is 0 Å². The normalized spacial score (nSPS) is 9.89. The number of rotatable bonds is 8. The molecule has 0 spiro atoms. The van der Waals surface area contributed by atoms with Gasteiger partial charge >= 0.3 is 0 Å². The quantitative estimate of drug-likeness (QED) is 0.586. The van der Waals surface area contributed by atoms with Crippen LogP contribution in [0, 0.1) is 0 Å². The molecular weight excluding hydrogens is 397 g/mol. The zero-order valence-corrected chi connectivity index (χ0v) is 17.3. The molecule has 150 valence electrons. The van der Waals surface area contributed by atoms with Crippen LogP contribution in [-0.4, -0.2) is 34.3 Å². The fourth-order valence-corrected chi connectivity index (χ4v) is 2.77. The molecule has 2 N–H and O–H groups in total. The van der Waals surface area contributed by atoms with Gasteiger partial charge in [0.25, 0.3) is 0 Å². The van der Waals surface area contributed by atoms with E-state index in [2.05, 4.69) is 57.1 Å². The molecule has 0 aliphatic carbocycles. The molecule has 0 saturated carbocycles. The molecule has 0 radical (unpaired) electrons. The van der Waals surface area contributed by atoms with Gasteiger partial charge in [-0.05, 0) is 29.3 Å². The van der Waals surface area contributed by atoms with Gasteiger partial charge in [-0.15, -0.1) is 24.8 Å². The second kappa shape index (κ2) is 12.1. The van der Waals surface area contributed by atoms with Crippen molar-refractivity contribution >= 4 is 30.7 Å². The average Bonchev–Trinajstić information content (AvgIpc) is 3.18. The van der Waals surface area contributed by atoms with Crippen LogP contribution in [0.2, 0.25) is 0 Å². The second-order valence-corrected chi connectivity index (χ2v) is 6.08. The first-order chi connectivity index (χ1) is 12.8. The summed E-state index contributed by atoms with van der Waals surface area (Å²) >= 11 is 0. The third-order valence-electron chi connectivity index (χ3n) is 4.17. The number of nitrogens with one attached hydrogen (secondary N) is 2. The van der Waals surface area contributed by atoms with E-state index in [9.17, 15) is 4.79 Å². The Bertz CT molecular complexity index is 838. The molecule has 1 heterocycles. The molecule has 1 amide bonds. The lowest BCUT2D eigenvalue weighted by atomic mass is 9.98. The summed E-state index contributed by atoms with van der Waals surface area (Å²) in [5.41, 5.74) is 4.53. The van der Waals surface area contributed by atoms with Gasteiger partial charge in [-0.1, -0.05) is 48.5 Å². The number of nitrogens with zero attached hydrogens (tertiary/aromatic N) is 3. The fourth-order valence-electron chi connectivity index (χ4n) is 2.77. The Morgan fingerprint density at radius 1 is 1.07 bits per heavy atom. The highest BCUT2D eigenvalue weighted by Gasteiger charge is 2.07. The number of hydrogen-bond donors (Lipinski definition) is 2. The largest absolute Gasteiger partial charge is 0.352 e. The van der Waals surface area contributed by atoms with Crippen LogP contribution in [0.15, 0.2) is 61.2 Å². The third-order valence-corrected chi connectivity index (χ3v) is 4.17. The minimum absolute atomic E-state index is 0. The number of benzene rings is 2. The number of hydrogen-bond acceptors (Lipinski definition) is 4. The van der Waals surface area contributed by atoms with Crippen molar-refractivity contribution in [2.45, 2.75) is 19.5 Å². The van der Waals surface area contributed by atoms with E-state index in [1.165, 1.54) is 6.33 Å². The van der Waals surface area contributed by atoms with Gasteiger partial charge in [0, 0.05) is 19.5 Å². The van der Waals surface area contributed by atoms with E-state index < -0.39 is 0 Å². The molecule has 2 aromatic carbocycles. The van der Waals surface area contributed by atoms with E-state index >= 15 is 0 Å². The first-order valence-electron chi connectivity index (χ1n) is 8.67. The summed E-state index contributed by atoms with van der Waals surface area (Å²) < 4.78 is 1.80. The maximum absolute atomic E-state index is 11.9. The molecular formula is C20H25Cl2N5O. The highest BCUT2D eigenvalue weighted by molar-refractivity contribution is 5.85. The predicted molar refractivity (Wildman–Crippen MR) is 116 cm³/mol. The Morgan fingerprint density at radius 2 is 1.82 bits per heavy atom. The number of aromatic nitrogens is 3. The standard InChI is InChI=1S/C20H23N5O.2ClH/c1-21-11-10-20(26)23-12-18-4-2-3-5-19(18)17-8-6-16(7-9-17)13-25-15-22-14-24-25;;/h2-9,14-15,21H,10-13H2,1H3,(H,23,26);2*1H. The Labute approximate surface area is 177 Å². The molecule has 8 heteroatoms. The van der Waals surface area contributed by atoms with Crippen molar-refractivity contribution in [2.75, 3.05) is 13.6 Å². The van der Waals surface area contributed by atoms with Crippen LogP contribution in [0.25, 0.3) is 11.1 Å².